The molecule has 1 heterocycles. The Bertz CT molecular complexity index is 710. The molecule has 0 unspecified atom stereocenters. The second-order valence-corrected chi connectivity index (χ2v) is 5.52. The molecule has 0 atom stereocenters. The molecule has 2 rings (SSSR count). The molecule has 3 nitrogen and oxygen atoms in total. The Hall–Kier alpha value is -2.35. The zero-order valence-corrected chi connectivity index (χ0v) is 14.3. The van der Waals surface area contributed by atoms with Crippen LogP contribution in [0.5, 0.6) is 0 Å². The van der Waals surface area contributed by atoms with Crippen molar-refractivity contribution < 1.29 is 26.6 Å². The maximum absolute atomic E-state index is 12.0. The summed E-state index contributed by atoms with van der Waals surface area (Å²) in [5.41, 5.74) is 1.73. The highest BCUT2D eigenvalue weighted by atomic mass is 35.5. The van der Waals surface area contributed by atoms with E-state index < -0.39 is 7.25 Å². The van der Waals surface area contributed by atoms with Gasteiger partial charge >= 0.3 is 7.25 Å². The molecule has 1 aromatic heterocycles. The molecular formula is C16H16BClF4N2O. The van der Waals surface area contributed by atoms with Gasteiger partial charge in [0.05, 0.1) is 6.08 Å². The van der Waals surface area contributed by atoms with E-state index in [-0.39, 0.29) is 5.78 Å². The third kappa shape index (κ3) is 8.90. The van der Waals surface area contributed by atoms with Crippen LogP contribution in [0.25, 0.3) is 6.20 Å². The summed E-state index contributed by atoms with van der Waals surface area (Å²) in [5.74, 6) is -0.0501. The number of carbonyl (C=O) groups excluding carboxylic acids is 1. The van der Waals surface area contributed by atoms with Gasteiger partial charge in [-0.05, 0) is 24.3 Å². The highest BCUT2D eigenvalue weighted by Gasteiger charge is 2.20. The minimum atomic E-state index is -6.00. The van der Waals surface area contributed by atoms with Gasteiger partial charge in [0.25, 0.3) is 0 Å². The lowest BCUT2D eigenvalue weighted by Gasteiger charge is -2.09. The van der Waals surface area contributed by atoms with Crippen LogP contribution in [0.1, 0.15) is 10.4 Å². The molecule has 0 aliphatic rings. The van der Waals surface area contributed by atoms with Crippen molar-refractivity contribution in [3.05, 3.63) is 65.5 Å². The average Bonchev–Trinajstić information content (AvgIpc) is 2.52. The smallest absolute Gasteiger partial charge is 0.418 e. The fraction of sp³-hybridized carbons (Fsp3) is 0.125. The van der Waals surface area contributed by atoms with Crippen LogP contribution in [-0.2, 0) is 0 Å². The molecular weight excluding hydrogens is 358 g/mol. The van der Waals surface area contributed by atoms with E-state index in [1.54, 1.807) is 36.5 Å². The van der Waals surface area contributed by atoms with Gasteiger partial charge in [-0.2, -0.15) is 4.57 Å². The summed E-state index contributed by atoms with van der Waals surface area (Å²) in [6.07, 6.45) is 7.08. The number of aromatic nitrogens is 1. The number of pyridine rings is 1. The van der Waals surface area contributed by atoms with E-state index in [9.17, 15) is 22.1 Å². The van der Waals surface area contributed by atoms with Crippen LogP contribution in [0.4, 0.5) is 23.0 Å². The van der Waals surface area contributed by atoms with E-state index in [1.165, 1.54) is 0 Å². The summed E-state index contributed by atoms with van der Waals surface area (Å²) < 4.78 is 40.8. The predicted octanol–water partition coefficient (Wildman–Crippen LogP) is 4.35. The van der Waals surface area contributed by atoms with E-state index in [2.05, 4.69) is 0 Å². The molecule has 0 fully saturated rings. The van der Waals surface area contributed by atoms with Gasteiger partial charge in [0.1, 0.15) is 0 Å². The molecule has 134 valence electrons. The lowest BCUT2D eigenvalue weighted by Crippen LogP contribution is -2.25. The van der Waals surface area contributed by atoms with E-state index >= 15 is 0 Å². The molecule has 0 N–H and O–H groups in total. The highest BCUT2D eigenvalue weighted by molar-refractivity contribution is 6.50. The first kappa shape index (κ1) is 20.7. The van der Waals surface area contributed by atoms with Gasteiger partial charge in [0.2, 0.25) is 0 Å². The Labute approximate surface area is 148 Å². The molecule has 0 amide bonds. The van der Waals surface area contributed by atoms with Gasteiger partial charge in [-0.1, -0.05) is 11.6 Å². The molecule has 2 aromatic rings. The molecule has 0 spiro atoms. The van der Waals surface area contributed by atoms with Crippen molar-refractivity contribution in [2.75, 3.05) is 19.0 Å². The lowest BCUT2D eigenvalue weighted by atomic mass is 10.1. The average molecular weight is 375 g/mol. The fourth-order valence-electron chi connectivity index (χ4n) is 1.69. The van der Waals surface area contributed by atoms with Crippen molar-refractivity contribution >= 4 is 36.5 Å². The van der Waals surface area contributed by atoms with Gasteiger partial charge in [-0.15, -0.1) is 0 Å². The minimum Gasteiger partial charge on any atom is -0.418 e. The Morgan fingerprint density at radius 1 is 1.04 bits per heavy atom. The summed E-state index contributed by atoms with van der Waals surface area (Å²) in [6.45, 7) is 0. The molecule has 0 aliphatic heterocycles. The number of ketones is 1. The van der Waals surface area contributed by atoms with Gasteiger partial charge in [0, 0.05) is 42.5 Å². The van der Waals surface area contributed by atoms with Crippen LogP contribution in [0.3, 0.4) is 0 Å². The first-order valence-corrected chi connectivity index (χ1v) is 7.47. The number of hydrogen-bond donors (Lipinski definition) is 0. The quantitative estimate of drug-likeness (QED) is 0.261. The van der Waals surface area contributed by atoms with Crippen molar-refractivity contribution in [1.82, 2.24) is 0 Å². The third-order valence-corrected chi connectivity index (χ3v) is 3.13. The van der Waals surface area contributed by atoms with Gasteiger partial charge in [-0.25, -0.2) is 0 Å². The predicted molar refractivity (Wildman–Crippen MR) is 92.3 cm³/mol. The molecule has 0 bridgehead atoms. The first-order chi connectivity index (χ1) is 11.6. The second kappa shape index (κ2) is 9.22. The summed E-state index contributed by atoms with van der Waals surface area (Å²) in [4.78, 5) is 14.0. The Balaban J connectivity index is 0.000000550. The standard InChI is InChI=1S/C16H16ClN2O.BF4/c1-18(2)15-7-10-19(11-8-15)12-9-16(20)13-3-5-14(17)6-4-13;2-1(3,4)5/h3-12H,1-2H3;/q+1;-1/b12-9+;. The number of halogens is 5. The van der Waals surface area contributed by atoms with Crippen molar-refractivity contribution in [1.29, 1.82) is 0 Å². The maximum Gasteiger partial charge on any atom is 0.673 e. The largest absolute Gasteiger partial charge is 0.673 e. The van der Waals surface area contributed by atoms with Crippen molar-refractivity contribution in [2.24, 2.45) is 0 Å². The summed E-state index contributed by atoms with van der Waals surface area (Å²) in [7, 11) is -2.03. The maximum atomic E-state index is 12.0. The summed E-state index contributed by atoms with van der Waals surface area (Å²) >= 11 is 5.79. The van der Waals surface area contributed by atoms with E-state index in [0.29, 0.717) is 10.6 Å². The van der Waals surface area contributed by atoms with Crippen LogP contribution in [-0.4, -0.2) is 27.1 Å². The van der Waals surface area contributed by atoms with E-state index in [4.69, 9.17) is 11.6 Å². The third-order valence-electron chi connectivity index (χ3n) is 2.88. The van der Waals surface area contributed by atoms with Crippen LogP contribution in [0.15, 0.2) is 54.9 Å². The zero-order valence-electron chi connectivity index (χ0n) is 13.5. The minimum absolute atomic E-state index is 0.0501. The molecule has 0 saturated heterocycles. The number of benzene rings is 1. The van der Waals surface area contributed by atoms with Crippen LogP contribution < -0.4 is 9.47 Å². The van der Waals surface area contributed by atoms with Gasteiger partial charge in [-0.3, -0.25) is 4.79 Å². The normalized spacial score (nSPS) is 11.0. The second-order valence-electron chi connectivity index (χ2n) is 5.08. The number of rotatable bonds is 4. The summed E-state index contributed by atoms with van der Waals surface area (Å²) in [5, 5.41) is 0.624. The zero-order chi connectivity index (χ0) is 19.0. The Morgan fingerprint density at radius 2 is 1.52 bits per heavy atom. The number of allylic oxidation sites excluding steroid dienone is 1. The van der Waals surface area contributed by atoms with Gasteiger partial charge in [0.15, 0.2) is 24.4 Å². The topological polar surface area (TPSA) is 24.2 Å². The van der Waals surface area contributed by atoms with Crippen LogP contribution >= 0.6 is 11.6 Å². The summed E-state index contributed by atoms with van der Waals surface area (Å²) in [6, 6.07) is 10.8. The monoisotopic (exact) mass is 374 g/mol. The van der Waals surface area contributed by atoms with Crippen LogP contribution in [0.2, 0.25) is 5.02 Å². The van der Waals surface area contributed by atoms with E-state index in [0.717, 1.165) is 5.69 Å². The number of carbonyl (C=O) groups is 1. The van der Waals surface area contributed by atoms with Gasteiger partial charge < -0.3 is 22.2 Å². The number of anilines is 1. The molecule has 0 saturated carbocycles. The molecule has 25 heavy (non-hydrogen) atoms. The molecule has 0 radical (unpaired) electrons. The number of hydrogen-bond acceptors (Lipinski definition) is 2. The Morgan fingerprint density at radius 3 is 1.96 bits per heavy atom. The highest BCUT2D eigenvalue weighted by Crippen LogP contribution is 2.10. The molecule has 9 heteroatoms. The first-order valence-electron chi connectivity index (χ1n) is 7.10. The van der Waals surface area contributed by atoms with Crippen molar-refractivity contribution in [2.45, 2.75) is 0 Å². The number of nitrogens with zero attached hydrogens (tertiary/aromatic N) is 2. The van der Waals surface area contributed by atoms with Crippen LogP contribution in [0, 0.1) is 0 Å². The fourth-order valence-corrected chi connectivity index (χ4v) is 1.82. The van der Waals surface area contributed by atoms with Crippen molar-refractivity contribution in [3.8, 4) is 0 Å². The SMILES string of the molecule is CN(C)c1cc[n+](/C=C/C(=O)c2ccc(Cl)cc2)cc1.F[B-](F)(F)F. The van der Waals surface area contributed by atoms with E-state index in [1.807, 2.05) is 48.1 Å². The van der Waals surface area contributed by atoms with Crippen molar-refractivity contribution in [3.63, 3.8) is 0 Å². The Kier molecular flexibility index (Phi) is 7.63. The molecule has 0 aliphatic carbocycles. The molecule has 1 aromatic carbocycles. The lowest BCUT2D eigenvalue weighted by molar-refractivity contribution is -0.568.